The first-order chi connectivity index (χ1) is 12.0. The molecule has 0 aliphatic carbocycles. The summed E-state index contributed by atoms with van der Waals surface area (Å²) in [7, 11) is 0. The molecule has 25 heavy (non-hydrogen) atoms. The van der Waals surface area contributed by atoms with Gasteiger partial charge in [0.05, 0.1) is 27.7 Å². The summed E-state index contributed by atoms with van der Waals surface area (Å²) in [6.45, 7) is 5.91. The fourth-order valence-corrected chi connectivity index (χ4v) is 2.76. The predicted molar refractivity (Wildman–Crippen MR) is 102 cm³/mol. The van der Waals surface area contributed by atoms with Gasteiger partial charge in [-0.2, -0.15) is 5.26 Å². The first-order valence-corrected chi connectivity index (χ1v) is 8.39. The average molecular weight is 352 g/mol. The van der Waals surface area contributed by atoms with E-state index in [-0.39, 0.29) is 6.10 Å². The number of nitrogens with one attached hydrogen (secondary N) is 1. The topological polar surface area (TPSA) is 61.7 Å². The lowest BCUT2D eigenvalue weighted by atomic mass is 10.1. The molecule has 0 fully saturated rings. The van der Waals surface area contributed by atoms with Crippen LogP contribution in [0.15, 0.2) is 36.4 Å². The number of ether oxygens (including phenoxy) is 1. The molecule has 126 valence electrons. The van der Waals surface area contributed by atoms with Crippen LogP contribution in [0.5, 0.6) is 5.75 Å². The maximum absolute atomic E-state index is 9.53. The molecular weight excluding hydrogens is 334 g/mol. The van der Waals surface area contributed by atoms with Gasteiger partial charge >= 0.3 is 0 Å². The molecule has 0 aliphatic heterocycles. The van der Waals surface area contributed by atoms with E-state index in [1.165, 1.54) is 0 Å². The first-order valence-electron chi connectivity index (χ1n) is 8.01. The number of nitrogens with zero attached hydrogens (tertiary/aromatic N) is 2. The van der Waals surface area contributed by atoms with Gasteiger partial charge in [-0.3, -0.25) is 0 Å². The maximum Gasteiger partial charge on any atom is 0.149 e. The van der Waals surface area contributed by atoms with Crippen molar-refractivity contribution in [2.24, 2.45) is 0 Å². The third-order valence-corrected chi connectivity index (χ3v) is 3.94. The summed E-state index contributed by atoms with van der Waals surface area (Å²) >= 11 is 6.27. The van der Waals surface area contributed by atoms with Crippen molar-refractivity contribution in [1.29, 1.82) is 5.26 Å². The normalized spacial score (nSPS) is 11.8. The van der Waals surface area contributed by atoms with E-state index in [0.717, 1.165) is 22.2 Å². The zero-order chi connectivity index (χ0) is 18.0. The molecule has 3 aromatic rings. The van der Waals surface area contributed by atoms with Gasteiger partial charge in [0, 0.05) is 0 Å². The van der Waals surface area contributed by atoms with E-state index in [9.17, 15) is 5.26 Å². The SMILES string of the molecule is Cc1ccc2nc(/C(C#N)=C\c3ccc(OC(C)C)c(Cl)c3)[nH]c2c1. The van der Waals surface area contributed by atoms with Crippen molar-refractivity contribution < 1.29 is 4.74 Å². The molecule has 3 rings (SSSR count). The average Bonchev–Trinajstić information content (AvgIpc) is 2.97. The number of allylic oxidation sites excluding steroid dienone is 1. The summed E-state index contributed by atoms with van der Waals surface area (Å²) in [5.41, 5.74) is 4.14. The van der Waals surface area contributed by atoms with E-state index in [1.807, 2.05) is 51.1 Å². The molecular formula is C20H18ClN3O. The summed E-state index contributed by atoms with van der Waals surface area (Å²) in [4.78, 5) is 7.70. The fraction of sp³-hybridized carbons (Fsp3) is 0.200. The van der Waals surface area contributed by atoms with Gasteiger partial charge in [0.15, 0.2) is 0 Å². The van der Waals surface area contributed by atoms with Gasteiger partial charge < -0.3 is 9.72 Å². The molecule has 4 nitrogen and oxygen atoms in total. The number of aromatic nitrogens is 2. The van der Waals surface area contributed by atoms with Crippen molar-refractivity contribution in [2.75, 3.05) is 0 Å². The summed E-state index contributed by atoms with van der Waals surface area (Å²) in [6, 6.07) is 13.6. The number of aromatic amines is 1. The predicted octanol–water partition coefficient (Wildman–Crippen LogP) is 5.38. The van der Waals surface area contributed by atoms with Gasteiger partial charge in [-0.15, -0.1) is 0 Å². The second-order valence-electron chi connectivity index (χ2n) is 6.13. The third kappa shape index (κ3) is 3.84. The van der Waals surface area contributed by atoms with Crippen molar-refractivity contribution >= 4 is 34.3 Å². The van der Waals surface area contributed by atoms with Crippen molar-refractivity contribution in [2.45, 2.75) is 26.9 Å². The van der Waals surface area contributed by atoms with Crippen LogP contribution in [0.2, 0.25) is 5.02 Å². The van der Waals surface area contributed by atoms with E-state index in [0.29, 0.717) is 22.2 Å². The van der Waals surface area contributed by atoms with Gasteiger partial charge in [0.1, 0.15) is 17.6 Å². The number of nitriles is 1. The lowest BCUT2D eigenvalue weighted by molar-refractivity contribution is 0.242. The van der Waals surface area contributed by atoms with Gasteiger partial charge in [-0.25, -0.2) is 4.98 Å². The molecule has 0 amide bonds. The van der Waals surface area contributed by atoms with Crippen molar-refractivity contribution in [3.63, 3.8) is 0 Å². The number of aryl methyl sites for hydroxylation is 1. The van der Waals surface area contributed by atoms with Crippen molar-refractivity contribution in [3.05, 3.63) is 58.4 Å². The highest BCUT2D eigenvalue weighted by atomic mass is 35.5. The Hall–Kier alpha value is -2.77. The zero-order valence-electron chi connectivity index (χ0n) is 14.3. The largest absolute Gasteiger partial charge is 0.489 e. The number of H-pyrrole nitrogens is 1. The Morgan fingerprint density at radius 3 is 2.76 bits per heavy atom. The molecule has 5 heteroatoms. The molecule has 1 aromatic heterocycles. The Morgan fingerprint density at radius 1 is 1.28 bits per heavy atom. The molecule has 0 aliphatic rings. The highest BCUT2D eigenvalue weighted by Crippen LogP contribution is 2.28. The van der Waals surface area contributed by atoms with Crippen LogP contribution in [-0.4, -0.2) is 16.1 Å². The van der Waals surface area contributed by atoms with E-state index in [2.05, 4.69) is 16.0 Å². The minimum Gasteiger partial charge on any atom is -0.489 e. The number of fused-ring (bicyclic) bond motifs is 1. The molecule has 0 atom stereocenters. The van der Waals surface area contributed by atoms with E-state index in [1.54, 1.807) is 12.1 Å². The molecule has 1 heterocycles. The lowest BCUT2D eigenvalue weighted by Gasteiger charge is -2.11. The molecule has 0 spiro atoms. The summed E-state index contributed by atoms with van der Waals surface area (Å²) in [6.07, 6.45) is 1.81. The smallest absolute Gasteiger partial charge is 0.149 e. The second-order valence-corrected chi connectivity index (χ2v) is 6.54. The highest BCUT2D eigenvalue weighted by molar-refractivity contribution is 6.32. The van der Waals surface area contributed by atoms with Crippen LogP contribution >= 0.6 is 11.6 Å². The van der Waals surface area contributed by atoms with Crippen LogP contribution in [0.1, 0.15) is 30.8 Å². The van der Waals surface area contributed by atoms with Crippen LogP contribution in [-0.2, 0) is 0 Å². The zero-order valence-corrected chi connectivity index (χ0v) is 15.1. The van der Waals surface area contributed by atoms with Crippen LogP contribution in [0, 0.1) is 18.3 Å². The molecule has 0 unspecified atom stereocenters. The van der Waals surface area contributed by atoms with E-state index >= 15 is 0 Å². The van der Waals surface area contributed by atoms with Crippen LogP contribution in [0.3, 0.4) is 0 Å². The number of rotatable bonds is 4. The number of imidazole rings is 1. The van der Waals surface area contributed by atoms with Crippen molar-refractivity contribution in [3.8, 4) is 11.8 Å². The number of benzene rings is 2. The minimum absolute atomic E-state index is 0.0487. The second kappa shape index (κ2) is 7.00. The van der Waals surface area contributed by atoms with E-state index in [4.69, 9.17) is 16.3 Å². The molecule has 0 radical (unpaired) electrons. The van der Waals surface area contributed by atoms with Crippen LogP contribution < -0.4 is 4.74 Å². The van der Waals surface area contributed by atoms with Gasteiger partial charge in [-0.05, 0) is 62.2 Å². The first kappa shape index (κ1) is 17.1. The Labute approximate surface area is 151 Å². The minimum atomic E-state index is 0.0487. The van der Waals surface area contributed by atoms with Crippen LogP contribution in [0.4, 0.5) is 0 Å². The Bertz CT molecular complexity index is 996. The van der Waals surface area contributed by atoms with Gasteiger partial charge in [-0.1, -0.05) is 23.7 Å². The lowest BCUT2D eigenvalue weighted by Crippen LogP contribution is -2.05. The summed E-state index contributed by atoms with van der Waals surface area (Å²) < 4.78 is 5.63. The fourth-order valence-electron chi connectivity index (χ4n) is 2.53. The maximum atomic E-state index is 9.53. The highest BCUT2D eigenvalue weighted by Gasteiger charge is 2.09. The Kier molecular flexibility index (Phi) is 4.78. The number of hydrogen-bond donors (Lipinski definition) is 1. The molecule has 0 bridgehead atoms. The number of halogens is 1. The molecule has 2 aromatic carbocycles. The molecule has 0 saturated carbocycles. The monoisotopic (exact) mass is 351 g/mol. The van der Waals surface area contributed by atoms with Crippen LogP contribution in [0.25, 0.3) is 22.7 Å². The quantitative estimate of drug-likeness (QED) is 0.642. The van der Waals surface area contributed by atoms with E-state index < -0.39 is 0 Å². The number of hydrogen-bond acceptors (Lipinski definition) is 3. The molecule has 1 N–H and O–H groups in total. The Balaban J connectivity index is 1.97. The van der Waals surface area contributed by atoms with Crippen molar-refractivity contribution in [1.82, 2.24) is 9.97 Å². The van der Waals surface area contributed by atoms with Gasteiger partial charge in [0.25, 0.3) is 0 Å². The Morgan fingerprint density at radius 2 is 2.08 bits per heavy atom. The summed E-state index contributed by atoms with van der Waals surface area (Å²) in [5.74, 6) is 1.17. The molecule has 0 saturated heterocycles. The summed E-state index contributed by atoms with van der Waals surface area (Å²) in [5, 5.41) is 10.0. The van der Waals surface area contributed by atoms with Gasteiger partial charge in [0.2, 0.25) is 0 Å². The standard InChI is InChI=1S/C20H18ClN3O/c1-12(2)25-19-7-5-14(10-16(19)21)9-15(11-22)20-23-17-6-4-13(3)8-18(17)24-20/h4-10,12H,1-3H3,(H,23,24)/b15-9-. The third-order valence-electron chi connectivity index (χ3n) is 3.64.